The number of halogens is 1. The fraction of sp³-hybridized carbons (Fsp3) is 0.364. The van der Waals surface area contributed by atoms with Crippen LogP contribution in [0.3, 0.4) is 0 Å². The quantitative estimate of drug-likeness (QED) is 0.574. The van der Waals surface area contributed by atoms with Crippen LogP contribution in [-0.4, -0.2) is 11.1 Å². The standard InChI is InChI=1S/C11H13BrO/c1-7-4-5-8(2)11(9(7)3)10(13)6-12/h4-5H,6H2,1-3H3. The van der Waals surface area contributed by atoms with Gasteiger partial charge < -0.3 is 0 Å². The smallest absolute Gasteiger partial charge is 0.173 e. The second-order valence-corrected chi connectivity index (χ2v) is 3.82. The van der Waals surface area contributed by atoms with Gasteiger partial charge in [0.05, 0.1) is 5.33 Å². The Hall–Kier alpha value is -0.630. The number of carbonyl (C=O) groups is 1. The van der Waals surface area contributed by atoms with Gasteiger partial charge in [0.15, 0.2) is 5.78 Å². The summed E-state index contributed by atoms with van der Waals surface area (Å²) in [4.78, 5) is 11.6. The zero-order valence-electron chi connectivity index (χ0n) is 8.15. The predicted molar refractivity (Wildman–Crippen MR) is 58.8 cm³/mol. The van der Waals surface area contributed by atoms with Crippen LogP contribution < -0.4 is 0 Å². The van der Waals surface area contributed by atoms with Gasteiger partial charge in [-0.1, -0.05) is 28.1 Å². The van der Waals surface area contributed by atoms with Crippen molar-refractivity contribution < 1.29 is 4.79 Å². The lowest BCUT2D eigenvalue weighted by Crippen LogP contribution is -2.06. The number of rotatable bonds is 2. The van der Waals surface area contributed by atoms with E-state index in [4.69, 9.17) is 0 Å². The van der Waals surface area contributed by atoms with Gasteiger partial charge in [0, 0.05) is 5.56 Å². The van der Waals surface area contributed by atoms with Gasteiger partial charge in [0.2, 0.25) is 0 Å². The fourth-order valence-electron chi connectivity index (χ4n) is 1.45. The molecule has 2 heteroatoms. The van der Waals surface area contributed by atoms with Crippen LogP contribution in [0.15, 0.2) is 12.1 Å². The molecular weight excluding hydrogens is 228 g/mol. The van der Waals surface area contributed by atoms with Crippen LogP contribution in [0.5, 0.6) is 0 Å². The molecule has 0 aliphatic carbocycles. The second kappa shape index (κ2) is 4.05. The number of hydrogen-bond acceptors (Lipinski definition) is 1. The van der Waals surface area contributed by atoms with Crippen molar-refractivity contribution in [3.8, 4) is 0 Å². The van der Waals surface area contributed by atoms with E-state index in [0.29, 0.717) is 5.33 Å². The number of alkyl halides is 1. The van der Waals surface area contributed by atoms with Crippen molar-refractivity contribution in [2.75, 3.05) is 5.33 Å². The van der Waals surface area contributed by atoms with Crippen molar-refractivity contribution in [2.45, 2.75) is 20.8 Å². The summed E-state index contributed by atoms with van der Waals surface area (Å²) in [5.74, 6) is 0.165. The lowest BCUT2D eigenvalue weighted by Gasteiger charge is -2.09. The first-order valence-electron chi connectivity index (χ1n) is 4.24. The van der Waals surface area contributed by atoms with Crippen molar-refractivity contribution in [1.29, 1.82) is 0 Å². The summed E-state index contributed by atoms with van der Waals surface area (Å²) >= 11 is 3.19. The number of hydrogen-bond donors (Lipinski definition) is 0. The molecule has 0 bridgehead atoms. The van der Waals surface area contributed by atoms with Crippen LogP contribution >= 0.6 is 15.9 Å². The lowest BCUT2D eigenvalue weighted by molar-refractivity contribution is 0.102. The third-order valence-electron chi connectivity index (χ3n) is 2.34. The number of Topliss-reactive ketones (excluding diaryl/α,β-unsaturated/α-hetero) is 1. The fourth-order valence-corrected chi connectivity index (χ4v) is 1.73. The molecule has 0 saturated carbocycles. The van der Waals surface area contributed by atoms with E-state index < -0.39 is 0 Å². The number of benzene rings is 1. The summed E-state index contributed by atoms with van der Waals surface area (Å²) in [7, 11) is 0. The average Bonchev–Trinajstić information content (AvgIpc) is 2.12. The Balaban J connectivity index is 3.33. The van der Waals surface area contributed by atoms with Crippen LogP contribution in [0.2, 0.25) is 0 Å². The topological polar surface area (TPSA) is 17.1 Å². The first-order valence-corrected chi connectivity index (χ1v) is 5.36. The van der Waals surface area contributed by atoms with E-state index in [0.717, 1.165) is 16.7 Å². The highest BCUT2D eigenvalue weighted by Gasteiger charge is 2.11. The molecule has 1 aromatic carbocycles. The number of ketones is 1. The molecule has 1 aromatic rings. The molecule has 0 fully saturated rings. The Labute approximate surface area is 87.3 Å². The van der Waals surface area contributed by atoms with Crippen LogP contribution in [0.4, 0.5) is 0 Å². The average molecular weight is 241 g/mol. The minimum atomic E-state index is 0.165. The summed E-state index contributed by atoms with van der Waals surface area (Å²) < 4.78 is 0. The largest absolute Gasteiger partial charge is 0.293 e. The Morgan fingerprint density at radius 2 is 1.77 bits per heavy atom. The Morgan fingerprint density at radius 3 is 2.31 bits per heavy atom. The highest BCUT2D eigenvalue weighted by Crippen LogP contribution is 2.18. The molecule has 13 heavy (non-hydrogen) atoms. The van der Waals surface area contributed by atoms with E-state index in [1.54, 1.807) is 0 Å². The van der Waals surface area contributed by atoms with Crippen LogP contribution in [0.1, 0.15) is 27.0 Å². The van der Waals surface area contributed by atoms with E-state index in [-0.39, 0.29) is 5.78 Å². The van der Waals surface area contributed by atoms with E-state index in [9.17, 15) is 4.79 Å². The maximum Gasteiger partial charge on any atom is 0.173 e. The van der Waals surface area contributed by atoms with Crippen LogP contribution in [0.25, 0.3) is 0 Å². The lowest BCUT2D eigenvalue weighted by atomic mass is 9.96. The predicted octanol–water partition coefficient (Wildman–Crippen LogP) is 3.19. The monoisotopic (exact) mass is 240 g/mol. The highest BCUT2D eigenvalue weighted by atomic mass is 79.9. The molecule has 1 rings (SSSR count). The van der Waals surface area contributed by atoms with Gasteiger partial charge in [-0.05, 0) is 37.5 Å². The van der Waals surface area contributed by atoms with Crippen LogP contribution in [0, 0.1) is 20.8 Å². The van der Waals surface area contributed by atoms with Crippen LogP contribution in [-0.2, 0) is 0 Å². The Kier molecular flexibility index (Phi) is 3.26. The Bertz CT molecular complexity index is 342. The van der Waals surface area contributed by atoms with Gasteiger partial charge in [0.25, 0.3) is 0 Å². The molecule has 0 aliphatic rings. The van der Waals surface area contributed by atoms with Crippen molar-refractivity contribution >= 4 is 21.7 Å². The van der Waals surface area contributed by atoms with Crippen molar-refractivity contribution in [1.82, 2.24) is 0 Å². The van der Waals surface area contributed by atoms with Gasteiger partial charge in [0.1, 0.15) is 0 Å². The minimum Gasteiger partial charge on any atom is -0.293 e. The van der Waals surface area contributed by atoms with Crippen molar-refractivity contribution in [2.24, 2.45) is 0 Å². The van der Waals surface area contributed by atoms with Crippen molar-refractivity contribution in [3.63, 3.8) is 0 Å². The molecule has 0 atom stereocenters. The molecule has 0 aliphatic heterocycles. The normalized spacial score (nSPS) is 10.2. The summed E-state index contributed by atoms with van der Waals surface area (Å²) in [6, 6.07) is 4.05. The molecule has 70 valence electrons. The third-order valence-corrected chi connectivity index (χ3v) is 2.85. The second-order valence-electron chi connectivity index (χ2n) is 3.26. The first kappa shape index (κ1) is 10.5. The summed E-state index contributed by atoms with van der Waals surface area (Å²) in [5.41, 5.74) is 4.21. The molecule has 0 N–H and O–H groups in total. The number of carbonyl (C=O) groups excluding carboxylic acids is 1. The zero-order chi connectivity index (χ0) is 10.0. The minimum absolute atomic E-state index is 0.165. The summed E-state index contributed by atoms with van der Waals surface area (Å²) in [6.07, 6.45) is 0. The highest BCUT2D eigenvalue weighted by molar-refractivity contribution is 9.09. The number of aryl methyl sites for hydroxylation is 2. The summed E-state index contributed by atoms with van der Waals surface area (Å²) in [6.45, 7) is 6.00. The molecule has 0 spiro atoms. The molecular formula is C11H13BrO. The maximum atomic E-state index is 11.6. The zero-order valence-corrected chi connectivity index (χ0v) is 9.73. The van der Waals surface area contributed by atoms with Crippen molar-refractivity contribution in [3.05, 3.63) is 34.4 Å². The molecule has 0 aromatic heterocycles. The van der Waals surface area contributed by atoms with E-state index in [1.165, 1.54) is 5.56 Å². The molecule has 0 saturated heterocycles. The Morgan fingerprint density at radius 1 is 1.23 bits per heavy atom. The molecule has 1 nitrogen and oxygen atoms in total. The van der Waals surface area contributed by atoms with Gasteiger partial charge in [-0.3, -0.25) is 4.79 Å². The van der Waals surface area contributed by atoms with Gasteiger partial charge in [-0.25, -0.2) is 0 Å². The third kappa shape index (κ3) is 1.99. The molecule has 0 unspecified atom stereocenters. The van der Waals surface area contributed by atoms with Gasteiger partial charge in [-0.2, -0.15) is 0 Å². The molecule has 0 radical (unpaired) electrons. The maximum absolute atomic E-state index is 11.6. The summed E-state index contributed by atoms with van der Waals surface area (Å²) in [5, 5.41) is 0.401. The molecule has 0 heterocycles. The SMILES string of the molecule is Cc1ccc(C)c(C(=O)CBr)c1C. The first-order chi connectivity index (χ1) is 6.07. The van der Waals surface area contributed by atoms with Gasteiger partial charge >= 0.3 is 0 Å². The van der Waals surface area contributed by atoms with E-state index in [2.05, 4.69) is 22.0 Å². The molecule has 0 amide bonds. The van der Waals surface area contributed by atoms with Gasteiger partial charge in [-0.15, -0.1) is 0 Å². The van der Waals surface area contributed by atoms with E-state index >= 15 is 0 Å². The van der Waals surface area contributed by atoms with E-state index in [1.807, 2.05) is 26.8 Å².